The molecule has 0 unspecified atom stereocenters. The van der Waals surface area contributed by atoms with E-state index >= 15 is 0 Å². The SMILES string of the molecule is CN1[C@H](CO)[C@H]2c3ccccc3NC[C@H]21. The van der Waals surface area contributed by atoms with E-state index in [1.165, 1.54) is 11.3 Å². The van der Waals surface area contributed by atoms with Crippen LogP contribution in [0.25, 0.3) is 0 Å². The summed E-state index contributed by atoms with van der Waals surface area (Å²) in [4.78, 5) is 2.27. The molecule has 3 rings (SSSR count). The van der Waals surface area contributed by atoms with Crippen LogP contribution in [0.5, 0.6) is 0 Å². The first-order valence-corrected chi connectivity index (χ1v) is 5.48. The summed E-state index contributed by atoms with van der Waals surface area (Å²) in [5.41, 5.74) is 2.61. The zero-order valence-corrected chi connectivity index (χ0v) is 8.85. The van der Waals surface area contributed by atoms with Crippen LogP contribution in [0.4, 0.5) is 5.69 Å². The molecule has 0 aliphatic carbocycles. The molecule has 2 aliphatic rings. The maximum absolute atomic E-state index is 9.36. The number of aliphatic hydroxyl groups excluding tert-OH is 1. The summed E-state index contributed by atoms with van der Waals surface area (Å²) in [6.07, 6.45) is 0. The first kappa shape index (κ1) is 9.19. The second-order valence-electron chi connectivity index (χ2n) is 4.48. The highest BCUT2D eigenvalue weighted by Gasteiger charge is 2.48. The van der Waals surface area contributed by atoms with Crippen LogP contribution in [0.3, 0.4) is 0 Å². The van der Waals surface area contributed by atoms with Gasteiger partial charge in [0.2, 0.25) is 0 Å². The van der Waals surface area contributed by atoms with Gasteiger partial charge in [-0.1, -0.05) is 18.2 Å². The van der Waals surface area contributed by atoms with E-state index in [0.29, 0.717) is 18.0 Å². The second kappa shape index (κ2) is 3.22. The van der Waals surface area contributed by atoms with Crippen LogP contribution < -0.4 is 5.32 Å². The molecule has 0 spiro atoms. The third-order valence-corrected chi connectivity index (χ3v) is 3.88. The molecule has 80 valence electrons. The number of para-hydroxylation sites is 1. The standard InChI is InChI=1S/C12H16N2O/c1-14-10-6-13-9-5-3-2-4-8(9)12(10)11(14)7-15/h2-5,10-13,15H,6-7H2,1H3/t10-,11-,12+/m1/s1. The number of nitrogens with zero attached hydrogens (tertiary/aromatic N) is 1. The van der Waals surface area contributed by atoms with Crippen LogP contribution >= 0.6 is 0 Å². The molecule has 0 amide bonds. The van der Waals surface area contributed by atoms with E-state index < -0.39 is 0 Å². The fourth-order valence-electron chi connectivity index (χ4n) is 3.00. The molecule has 3 heteroatoms. The number of likely N-dealkylation sites (N-methyl/N-ethyl adjacent to an activating group) is 1. The Morgan fingerprint density at radius 3 is 3.07 bits per heavy atom. The van der Waals surface area contributed by atoms with E-state index in [0.717, 1.165) is 6.54 Å². The summed E-state index contributed by atoms with van der Waals surface area (Å²) in [5, 5.41) is 12.8. The van der Waals surface area contributed by atoms with Gasteiger partial charge in [-0.15, -0.1) is 0 Å². The van der Waals surface area contributed by atoms with E-state index in [2.05, 4.69) is 41.5 Å². The van der Waals surface area contributed by atoms with Crippen molar-refractivity contribution in [3.63, 3.8) is 0 Å². The quantitative estimate of drug-likeness (QED) is 0.712. The van der Waals surface area contributed by atoms with Crippen LogP contribution in [0.15, 0.2) is 24.3 Å². The third kappa shape index (κ3) is 1.13. The van der Waals surface area contributed by atoms with E-state index in [-0.39, 0.29) is 6.61 Å². The third-order valence-electron chi connectivity index (χ3n) is 3.88. The number of aliphatic hydroxyl groups is 1. The van der Waals surface area contributed by atoms with Crippen molar-refractivity contribution in [2.75, 3.05) is 25.5 Å². The molecular formula is C12H16N2O. The first-order valence-electron chi connectivity index (χ1n) is 5.48. The van der Waals surface area contributed by atoms with Crippen LogP contribution in [0, 0.1) is 0 Å². The highest BCUT2D eigenvalue weighted by atomic mass is 16.3. The van der Waals surface area contributed by atoms with Crippen molar-refractivity contribution in [3.05, 3.63) is 29.8 Å². The van der Waals surface area contributed by atoms with Gasteiger partial charge in [0.15, 0.2) is 0 Å². The molecule has 0 radical (unpaired) electrons. The lowest BCUT2D eigenvalue weighted by molar-refractivity contribution is -0.0175. The number of anilines is 1. The minimum atomic E-state index is 0.256. The number of likely N-dealkylation sites (tertiary alicyclic amines) is 1. The van der Waals surface area contributed by atoms with Gasteiger partial charge in [0.1, 0.15) is 0 Å². The normalized spacial score (nSPS) is 33.6. The maximum Gasteiger partial charge on any atom is 0.0593 e. The molecule has 1 saturated heterocycles. The van der Waals surface area contributed by atoms with Crippen molar-refractivity contribution in [1.29, 1.82) is 0 Å². The molecular weight excluding hydrogens is 188 g/mol. The fraction of sp³-hybridized carbons (Fsp3) is 0.500. The Kier molecular flexibility index (Phi) is 1.97. The highest BCUT2D eigenvalue weighted by molar-refractivity contribution is 5.57. The van der Waals surface area contributed by atoms with Crippen LogP contribution in [0.1, 0.15) is 11.5 Å². The number of fused-ring (bicyclic) bond motifs is 3. The molecule has 1 fully saturated rings. The van der Waals surface area contributed by atoms with Crippen molar-refractivity contribution in [2.45, 2.75) is 18.0 Å². The molecule has 0 aromatic heterocycles. The van der Waals surface area contributed by atoms with Crippen LogP contribution in [-0.2, 0) is 0 Å². The van der Waals surface area contributed by atoms with Crippen LogP contribution in [-0.4, -0.2) is 42.3 Å². The number of nitrogens with one attached hydrogen (secondary N) is 1. The Balaban J connectivity index is 1.99. The molecule has 2 heterocycles. The summed E-state index contributed by atoms with van der Waals surface area (Å²) >= 11 is 0. The van der Waals surface area contributed by atoms with Gasteiger partial charge in [-0.2, -0.15) is 0 Å². The molecule has 2 N–H and O–H groups in total. The van der Waals surface area contributed by atoms with Gasteiger partial charge in [-0.05, 0) is 18.7 Å². The van der Waals surface area contributed by atoms with Gasteiger partial charge in [0, 0.05) is 30.2 Å². The summed E-state index contributed by atoms with van der Waals surface area (Å²) in [6.45, 7) is 1.25. The number of benzene rings is 1. The van der Waals surface area contributed by atoms with E-state index in [1.54, 1.807) is 0 Å². The minimum absolute atomic E-state index is 0.256. The van der Waals surface area contributed by atoms with Gasteiger partial charge in [-0.3, -0.25) is 4.90 Å². The molecule has 15 heavy (non-hydrogen) atoms. The summed E-state index contributed by atoms with van der Waals surface area (Å²) in [5.74, 6) is 0.512. The zero-order valence-electron chi connectivity index (χ0n) is 8.85. The van der Waals surface area contributed by atoms with Gasteiger partial charge in [0.25, 0.3) is 0 Å². The summed E-state index contributed by atoms with van der Waals surface area (Å²) < 4.78 is 0. The van der Waals surface area contributed by atoms with Gasteiger partial charge < -0.3 is 10.4 Å². The van der Waals surface area contributed by atoms with Crippen molar-refractivity contribution in [3.8, 4) is 0 Å². The van der Waals surface area contributed by atoms with E-state index in [9.17, 15) is 5.11 Å². The number of hydrogen-bond donors (Lipinski definition) is 2. The number of hydrogen-bond acceptors (Lipinski definition) is 3. The van der Waals surface area contributed by atoms with Gasteiger partial charge in [-0.25, -0.2) is 0 Å². The first-order chi connectivity index (χ1) is 7.33. The van der Waals surface area contributed by atoms with Crippen LogP contribution in [0.2, 0.25) is 0 Å². The Morgan fingerprint density at radius 2 is 2.27 bits per heavy atom. The van der Waals surface area contributed by atoms with E-state index in [4.69, 9.17) is 0 Å². The molecule has 0 saturated carbocycles. The number of rotatable bonds is 1. The average Bonchev–Trinajstić information content (AvgIpc) is 2.28. The Morgan fingerprint density at radius 1 is 1.47 bits per heavy atom. The highest BCUT2D eigenvalue weighted by Crippen LogP contribution is 2.44. The average molecular weight is 204 g/mol. The molecule has 1 aromatic rings. The minimum Gasteiger partial charge on any atom is -0.395 e. The Bertz CT molecular complexity index is 380. The zero-order chi connectivity index (χ0) is 10.4. The predicted octanol–water partition coefficient (Wildman–Crippen LogP) is 0.871. The molecule has 2 aliphatic heterocycles. The fourth-order valence-corrected chi connectivity index (χ4v) is 3.00. The Hall–Kier alpha value is -1.06. The lowest BCUT2D eigenvalue weighted by Gasteiger charge is -2.56. The molecule has 0 bridgehead atoms. The smallest absolute Gasteiger partial charge is 0.0593 e. The molecule has 3 nitrogen and oxygen atoms in total. The van der Waals surface area contributed by atoms with Crippen molar-refractivity contribution in [2.24, 2.45) is 0 Å². The lowest BCUT2D eigenvalue weighted by Crippen LogP contribution is -2.65. The maximum atomic E-state index is 9.36. The molecule has 3 atom stereocenters. The second-order valence-corrected chi connectivity index (χ2v) is 4.48. The monoisotopic (exact) mass is 204 g/mol. The van der Waals surface area contributed by atoms with Gasteiger partial charge in [0.05, 0.1) is 6.61 Å². The van der Waals surface area contributed by atoms with Crippen molar-refractivity contribution >= 4 is 5.69 Å². The topological polar surface area (TPSA) is 35.5 Å². The Labute approximate surface area is 89.7 Å². The van der Waals surface area contributed by atoms with Gasteiger partial charge >= 0.3 is 0 Å². The summed E-state index contributed by atoms with van der Waals surface area (Å²) in [7, 11) is 2.09. The largest absolute Gasteiger partial charge is 0.395 e. The van der Waals surface area contributed by atoms with Crippen molar-refractivity contribution < 1.29 is 5.11 Å². The van der Waals surface area contributed by atoms with Crippen molar-refractivity contribution in [1.82, 2.24) is 4.90 Å². The lowest BCUT2D eigenvalue weighted by atomic mass is 9.73. The molecule has 1 aromatic carbocycles. The van der Waals surface area contributed by atoms with E-state index in [1.807, 2.05) is 0 Å². The summed E-state index contributed by atoms with van der Waals surface area (Å²) in [6, 6.07) is 9.29. The predicted molar refractivity (Wildman–Crippen MR) is 60.1 cm³/mol.